The predicted molar refractivity (Wildman–Crippen MR) is 88.0 cm³/mol. The highest BCUT2D eigenvalue weighted by Gasteiger charge is 2.52. The molecule has 0 aliphatic carbocycles. The van der Waals surface area contributed by atoms with E-state index in [1.165, 1.54) is 5.56 Å². The van der Waals surface area contributed by atoms with Crippen molar-refractivity contribution in [1.29, 1.82) is 0 Å². The Morgan fingerprint density at radius 3 is 2.61 bits per heavy atom. The van der Waals surface area contributed by atoms with Crippen molar-refractivity contribution in [3.63, 3.8) is 0 Å². The SMILES string of the molecule is CC(C)(C)OC(=O)N1C[C@H]2C[C@@H]1[C@H](CO)N2Cc1ccccc1. The van der Waals surface area contributed by atoms with Crippen LogP contribution in [0.4, 0.5) is 4.79 Å². The van der Waals surface area contributed by atoms with Gasteiger partial charge in [-0.05, 0) is 32.8 Å². The van der Waals surface area contributed by atoms with Gasteiger partial charge in [0, 0.05) is 19.1 Å². The number of hydrogen-bond acceptors (Lipinski definition) is 4. The van der Waals surface area contributed by atoms with Gasteiger partial charge in [0.2, 0.25) is 0 Å². The van der Waals surface area contributed by atoms with E-state index in [1.54, 1.807) is 4.90 Å². The van der Waals surface area contributed by atoms with Gasteiger partial charge in [-0.2, -0.15) is 0 Å². The van der Waals surface area contributed by atoms with Crippen LogP contribution < -0.4 is 0 Å². The van der Waals surface area contributed by atoms with Crippen molar-refractivity contribution in [3.8, 4) is 0 Å². The van der Waals surface area contributed by atoms with Crippen LogP contribution in [0.2, 0.25) is 0 Å². The molecule has 0 saturated carbocycles. The molecule has 23 heavy (non-hydrogen) atoms. The third kappa shape index (κ3) is 3.35. The van der Waals surface area contributed by atoms with Crippen LogP contribution in [0.15, 0.2) is 30.3 Å². The topological polar surface area (TPSA) is 53.0 Å². The Morgan fingerprint density at radius 2 is 2.00 bits per heavy atom. The average molecular weight is 318 g/mol. The average Bonchev–Trinajstić information content (AvgIpc) is 3.04. The fourth-order valence-electron chi connectivity index (χ4n) is 3.74. The molecule has 0 radical (unpaired) electrons. The number of piperazine rings is 1. The van der Waals surface area contributed by atoms with Gasteiger partial charge in [0.05, 0.1) is 18.7 Å². The normalized spacial score (nSPS) is 27.5. The number of hydrogen-bond donors (Lipinski definition) is 1. The molecule has 2 aliphatic rings. The molecule has 0 spiro atoms. The van der Waals surface area contributed by atoms with Crippen molar-refractivity contribution in [1.82, 2.24) is 9.80 Å². The van der Waals surface area contributed by atoms with Gasteiger partial charge >= 0.3 is 6.09 Å². The minimum atomic E-state index is -0.489. The Balaban J connectivity index is 1.70. The largest absolute Gasteiger partial charge is 0.444 e. The molecule has 1 aromatic carbocycles. The Bertz CT molecular complexity index is 555. The third-order valence-corrected chi connectivity index (χ3v) is 4.68. The molecule has 0 unspecified atom stereocenters. The van der Waals surface area contributed by atoms with Crippen molar-refractivity contribution in [2.45, 2.75) is 57.5 Å². The maximum Gasteiger partial charge on any atom is 0.410 e. The van der Waals surface area contributed by atoms with E-state index < -0.39 is 5.60 Å². The first-order chi connectivity index (χ1) is 10.9. The van der Waals surface area contributed by atoms with E-state index in [0.29, 0.717) is 12.6 Å². The van der Waals surface area contributed by atoms with Crippen LogP contribution in [-0.4, -0.2) is 57.9 Å². The number of fused-ring (bicyclic) bond motifs is 2. The number of carbonyl (C=O) groups is 1. The van der Waals surface area contributed by atoms with E-state index in [2.05, 4.69) is 17.0 Å². The number of ether oxygens (including phenoxy) is 1. The lowest BCUT2D eigenvalue weighted by Gasteiger charge is -2.40. The van der Waals surface area contributed by atoms with E-state index in [4.69, 9.17) is 4.74 Å². The van der Waals surface area contributed by atoms with Crippen molar-refractivity contribution >= 4 is 6.09 Å². The highest BCUT2D eigenvalue weighted by Crippen LogP contribution is 2.37. The fourth-order valence-corrected chi connectivity index (χ4v) is 3.74. The summed E-state index contributed by atoms with van der Waals surface area (Å²) in [4.78, 5) is 16.5. The van der Waals surface area contributed by atoms with Gasteiger partial charge in [0.1, 0.15) is 5.60 Å². The number of likely N-dealkylation sites (tertiary alicyclic amines) is 2. The van der Waals surface area contributed by atoms with E-state index >= 15 is 0 Å². The van der Waals surface area contributed by atoms with Crippen LogP contribution in [0.1, 0.15) is 32.8 Å². The summed E-state index contributed by atoms with van der Waals surface area (Å²) in [7, 11) is 0. The standard InChI is InChI=1S/C18H26N2O3/c1-18(2,3)23-17(22)20-11-14-9-15(20)16(12-21)19(14)10-13-7-5-4-6-8-13/h4-8,14-16,21H,9-12H2,1-3H3/t14-,15-,16+/m1/s1. The first-order valence-corrected chi connectivity index (χ1v) is 8.29. The van der Waals surface area contributed by atoms with Crippen LogP contribution in [0, 0.1) is 0 Å². The molecular formula is C18H26N2O3. The lowest BCUT2D eigenvalue weighted by Crippen LogP contribution is -2.56. The van der Waals surface area contributed by atoms with Gasteiger partial charge in [-0.3, -0.25) is 4.90 Å². The molecule has 2 aliphatic heterocycles. The first-order valence-electron chi connectivity index (χ1n) is 8.29. The monoisotopic (exact) mass is 318 g/mol. The molecule has 2 fully saturated rings. The van der Waals surface area contributed by atoms with Crippen LogP contribution >= 0.6 is 0 Å². The molecule has 5 heteroatoms. The van der Waals surface area contributed by atoms with Gasteiger partial charge in [-0.1, -0.05) is 30.3 Å². The number of nitrogens with zero attached hydrogens (tertiary/aromatic N) is 2. The Hall–Kier alpha value is -1.59. The summed E-state index contributed by atoms with van der Waals surface area (Å²) in [5.41, 5.74) is 0.750. The molecule has 0 aromatic heterocycles. The van der Waals surface area contributed by atoms with Crippen molar-refractivity contribution in [2.75, 3.05) is 13.2 Å². The number of aliphatic hydroxyl groups excluding tert-OH is 1. The van der Waals surface area contributed by atoms with E-state index in [-0.39, 0.29) is 24.8 Å². The van der Waals surface area contributed by atoms with Gasteiger partial charge < -0.3 is 14.7 Å². The zero-order chi connectivity index (χ0) is 16.6. The Labute approximate surface area is 137 Å². The van der Waals surface area contributed by atoms with Crippen LogP contribution in [0.5, 0.6) is 0 Å². The molecule has 3 atom stereocenters. The summed E-state index contributed by atoms with van der Waals surface area (Å²) in [6.07, 6.45) is 0.653. The molecule has 3 rings (SSSR count). The van der Waals surface area contributed by atoms with E-state index in [1.807, 2.05) is 39.0 Å². The number of benzene rings is 1. The molecular weight excluding hydrogens is 292 g/mol. The number of aliphatic hydroxyl groups is 1. The van der Waals surface area contributed by atoms with Gasteiger partial charge in [-0.15, -0.1) is 0 Å². The van der Waals surface area contributed by atoms with Crippen molar-refractivity contribution in [3.05, 3.63) is 35.9 Å². The summed E-state index contributed by atoms with van der Waals surface area (Å²) in [5.74, 6) is 0. The van der Waals surface area contributed by atoms with Crippen molar-refractivity contribution in [2.24, 2.45) is 0 Å². The highest BCUT2D eigenvalue weighted by atomic mass is 16.6. The second kappa shape index (κ2) is 6.13. The maximum absolute atomic E-state index is 12.4. The maximum atomic E-state index is 12.4. The third-order valence-electron chi connectivity index (χ3n) is 4.68. The van der Waals surface area contributed by atoms with Gasteiger partial charge in [-0.25, -0.2) is 4.79 Å². The summed E-state index contributed by atoms with van der Waals surface area (Å²) in [6, 6.07) is 10.6. The van der Waals surface area contributed by atoms with Crippen LogP contribution in [0.3, 0.4) is 0 Å². The second-order valence-electron chi connectivity index (χ2n) is 7.50. The molecule has 2 bridgehead atoms. The number of rotatable bonds is 3. The summed E-state index contributed by atoms with van der Waals surface area (Å²) < 4.78 is 5.51. The lowest BCUT2D eigenvalue weighted by molar-refractivity contribution is -0.00831. The predicted octanol–water partition coefficient (Wildman–Crippen LogP) is 2.24. The molecule has 5 nitrogen and oxygen atoms in total. The molecule has 1 N–H and O–H groups in total. The minimum Gasteiger partial charge on any atom is -0.444 e. The molecule has 126 valence electrons. The molecule has 2 heterocycles. The van der Waals surface area contributed by atoms with Gasteiger partial charge in [0.15, 0.2) is 0 Å². The van der Waals surface area contributed by atoms with Crippen molar-refractivity contribution < 1.29 is 14.6 Å². The number of amides is 1. The first kappa shape index (κ1) is 16.3. The van der Waals surface area contributed by atoms with Gasteiger partial charge in [0.25, 0.3) is 0 Å². The fraction of sp³-hybridized carbons (Fsp3) is 0.611. The summed E-state index contributed by atoms with van der Waals surface area (Å²) in [6.45, 7) is 7.20. The highest BCUT2D eigenvalue weighted by molar-refractivity contribution is 5.69. The Morgan fingerprint density at radius 1 is 1.30 bits per heavy atom. The molecule has 1 amide bonds. The van der Waals surface area contributed by atoms with Crippen LogP contribution in [-0.2, 0) is 11.3 Å². The zero-order valence-corrected chi connectivity index (χ0v) is 14.1. The summed E-state index contributed by atoms with van der Waals surface area (Å²) >= 11 is 0. The van der Waals surface area contributed by atoms with Crippen LogP contribution in [0.25, 0.3) is 0 Å². The molecule has 1 aromatic rings. The molecule has 2 saturated heterocycles. The lowest BCUT2D eigenvalue weighted by atomic mass is 10.1. The summed E-state index contributed by atoms with van der Waals surface area (Å²) in [5, 5.41) is 9.85. The van der Waals surface area contributed by atoms with E-state index in [0.717, 1.165) is 13.0 Å². The zero-order valence-electron chi connectivity index (χ0n) is 14.1. The quantitative estimate of drug-likeness (QED) is 0.929. The smallest absolute Gasteiger partial charge is 0.410 e. The number of carbonyl (C=O) groups excluding carboxylic acids is 1. The Kier molecular flexibility index (Phi) is 4.34. The second-order valence-corrected chi connectivity index (χ2v) is 7.50. The minimum absolute atomic E-state index is 0.0125. The van der Waals surface area contributed by atoms with E-state index in [9.17, 15) is 9.90 Å².